The molecule has 1 unspecified atom stereocenters. The molecule has 0 radical (unpaired) electrons. The molecule has 1 atom stereocenters. The van der Waals surface area contributed by atoms with Gasteiger partial charge in [0.25, 0.3) is 5.91 Å². The van der Waals surface area contributed by atoms with Crippen molar-refractivity contribution in [3.8, 4) is 0 Å². The average Bonchev–Trinajstić information content (AvgIpc) is 2.85. The van der Waals surface area contributed by atoms with Crippen molar-refractivity contribution in [3.63, 3.8) is 0 Å². The monoisotopic (exact) mass is 272 g/mol. The summed E-state index contributed by atoms with van der Waals surface area (Å²) in [6.45, 7) is 6.06. The maximum Gasteiger partial charge on any atom is 0.255 e. The number of pyridine rings is 1. The van der Waals surface area contributed by atoms with Crippen LogP contribution in [0.25, 0.3) is 0 Å². The number of nitrogens with one attached hydrogen (secondary N) is 1. The van der Waals surface area contributed by atoms with Crippen LogP contribution in [0.4, 0.5) is 0 Å². The van der Waals surface area contributed by atoms with Crippen LogP contribution in [-0.4, -0.2) is 10.9 Å². The van der Waals surface area contributed by atoms with Crippen LogP contribution in [0.1, 0.15) is 48.0 Å². The molecule has 0 aromatic carbocycles. The molecule has 0 fully saturated rings. The number of furan rings is 1. The highest BCUT2D eigenvalue weighted by Crippen LogP contribution is 2.21. The van der Waals surface area contributed by atoms with Gasteiger partial charge in [0.05, 0.1) is 17.9 Å². The summed E-state index contributed by atoms with van der Waals surface area (Å²) in [5.74, 6) is 1.01. The Balaban J connectivity index is 2.16. The maximum atomic E-state index is 12.3. The van der Waals surface area contributed by atoms with E-state index in [4.69, 9.17) is 4.42 Å². The Bertz CT molecular complexity index is 561. The van der Waals surface area contributed by atoms with Crippen LogP contribution in [0.3, 0.4) is 0 Å². The van der Waals surface area contributed by atoms with Crippen LogP contribution < -0.4 is 5.32 Å². The Morgan fingerprint density at radius 2 is 2.20 bits per heavy atom. The van der Waals surface area contributed by atoms with E-state index < -0.39 is 0 Å². The van der Waals surface area contributed by atoms with Crippen LogP contribution in [0.15, 0.2) is 41.3 Å². The fourth-order valence-electron chi connectivity index (χ4n) is 2.19. The van der Waals surface area contributed by atoms with E-state index in [0.29, 0.717) is 17.2 Å². The van der Waals surface area contributed by atoms with Crippen LogP contribution in [-0.2, 0) is 0 Å². The molecular weight excluding hydrogens is 252 g/mol. The smallest absolute Gasteiger partial charge is 0.255 e. The molecule has 2 aromatic heterocycles. The minimum atomic E-state index is -0.106. The Morgan fingerprint density at radius 3 is 2.75 bits per heavy atom. The quantitative estimate of drug-likeness (QED) is 0.906. The largest absolute Gasteiger partial charge is 0.469 e. The Morgan fingerprint density at radius 1 is 1.40 bits per heavy atom. The van der Waals surface area contributed by atoms with Crippen LogP contribution in [0, 0.1) is 12.8 Å². The second-order valence-electron chi connectivity index (χ2n) is 5.33. The summed E-state index contributed by atoms with van der Waals surface area (Å²) in [4.78, 5) is 16.4. The zero-order valence-electron chi connectivity index (χ0n) is 12.1. The number of hydrogen-bond donors (Lipinski definition) is 1. The van der Waals surface area contributed by atoms with Crippen molar-refractivity contribution in [3.05, 3.63) is 53.7 Å². The molecular formula is C16H20N2O2. The van der Waals surface area contributed by atoms with E-state index in [9.17, 15) is 4.79 Å². The number of amides is 1. The van der Waals surface area contributed by atoms with E-state index in [2.05, 4.69) is 24.1 Å². The Labute approximate surface area is 119 Å². The SMILES string of the molecule is Cc1occc1C(=O)NC(CC(C)C)c1cccnc1. The van der Waals surface area contributed by atoms with Gasteiger partial charge < -0.3 is 9.73 Å². The molecule has 4 heteroatoms. The summed E-state index contributed by atoms with van der Waals surface area (Å²) in [7, 11) is 0. The van der Waals surface area contributed by atoms with Gasteiger partial charge >= 0.3 is 0 Å². The summed E-state index contributed by atoms with van der Waals surface area (Å²) in [5, 5.41) is 3.07. The molecule has 0 spiro atoms. The predicted molar refractivity (Wildman–Crippen MR) is 77.3 cm³/mol. The Hall–Kier alpha value is -2.10. The van der Waals surface area contributed by atoms with E-state index in [1.54, 1.807) is 25.4 Å². The molecule has 106 valence electrons. The number of carbonyl (C=O) groups is 1. The van der Waals surface area contributed by atoms with E-state index in [0.717, 1.165) is 12.0 Å². The lowest BCUT2D eigenvalue weighted by Crippen LogP contribution is -2.29. The molecule has 2 aromatic rings. The minimum absolute atomic E-state index is 0.0366. The summed E-state index contributed by atoms with van der Waals surface area (Å²) < 4.78 is 5.18. The first kappa shape index (κ1) is 14.3. The Kier molecular flexibility index (Phi) is 4.56. The number of carbonyl (C=O) groups excluding carboxylic acids is 1. The lowest BCUT2D eigenvalue weighted by molar-refractivity contribution is 0.0930. The van der Waals surface area contributed by atoms with E-state index >= 15 is 0 Å². The third-order valence-electron chi connectivity index (χ3n) is 3.20. The molecule has 2 rings (SSSR count). The van der Waals surface area contributed by atoms with Crippen molar-refractivity contribution in [2.45, 2.75) is 33.2 Å². The summed E-state index contributed by atoms with van der Waals surface area (Å²) in [5.41, 5.74) is 1.61. The molecule has 20 heavy (non-hydrogen) atoms. The van der Waals surface area contributed by atoms with Gasteiger partial charge in [-0.25, -0.2) is 0 Å². The normalized spacial score (nSPS) is 12.4. The van der Waals surface area contributed by atoms with Gasteiger partial charge in [-0.3, -0.25) is 9.78 Å². The summed E-state index contributed by atoms with van der Waals surface area (Å²) >= 11 is 0. The number of hydrogen-bond acceptors (Lipinski definition) is 3. The van der Waals surface area contributed by atoms with Crippen molar-refractivity contribution in [2.75, 3.05) is 0 Å². The highest BCUT2D eigenvalue weighted by molar-refractivity contribution is 5.95. The van der Waals surface area contributed by atoms with Crippen LogP contribution in [0.2, 0.25) is 0 Å². The van der Waals surface area contributed by atoms with Crippen molar-refractivity contribution in [1.82, 2.24) is 10.3 Å². The number of aromatic nitrogens is 1. The number of nitrogens with zero attached hydrogens (tertiary/aromatic N) is 1. The lowest BCUT2D eigenvalue weighted by atomic mass is 9.98. The fourth-order valence-corrected chi connectivity index (χ4v) is 2.19. The van der Waals surface area contributed by atoms with Crippen LogP contribution >= 0.6 is 0 Å². The molecule has 0 bridgehead atoms. The number of rotatable bonds is 5. The van der Waals surface area contributed by atoms with Gasteiger partial charge in [0.15, 0.2) is 0 Å². The van der Waals surface area contributed by atoms with Crippen molar-refractivity contribution in [2.24, 2.45) is 5.92 Å². The highest BCUT2D eigenvalue weighted by Gasteiger charge is 2.19. The molecule has 1 amide bonds. The summed E-state index contributed by atoms with van der Waals surface area (Å²) in [6.07, 6.45) is 5.94. The average molecular weight is 272 g/mol. The molecule has 0 aliphatic carbocycles. The molecule has 0 aliphatic heterocycles. The van der Waals surface area contributed by atoms with E-state index in [-0.39, 0.29) is 11.9 Å². The standard InChI is InChI=1S/C16H20N2O2/c1-11(2)9-15(13-5-4-7-17-10-13)18-16(19)14-6-8-20-12(14)3/h4-8,10-11,15H,9H2,1-3H3,(H,18,19). The number of aryl methyl sites for hydroxylation is 1. The maximum absolute atomic E-state index is 12.3. The van der Waals surface area contributed by atoms with E-state index in [1.807, 2.05) is 12.1 Å². The van der Waals surface area contributed by atoms with Gasteiger partial charge in [0.2, 0.25) is 0 Å². The minimum Gasteiger partial charge on any atom is -0.469 e. The first-order chi connectivity index (χ1) is 9.58. The van der Waals surface area contributed by atoms with Gasteiger partial charge in [-0.1, -0.05) is 19.9 Å². The summed E-state index contributed by atoms with van der Waals surface area (Å²) in [6, 6.07) is 5.53. The van der Waals surface area contributed by atoms with Gasteiger partial charge in [0, 0.05) is 12.4 Å². The molecule has 4 nitrogen and oxygen atoms in total. The zero-order chi connectivity index (χ0) is 14.5. The van der Waals surface area contributed by atoms with Gasteiger partial charge in [-0.15, -0.1) is 0 Å². The van der Waals surface area contributed by atoms with Gasteiger partial charge in [-0.05, 0) is 37.0 Å². The van der Waals surface area contributed by atoms with Gasteiger partial charge in [-0.2, -0.15) is 0 Å². The molecule has 1 N–H and O–H groups in total. The predicted octanol–water partition coefficient (Wildman–Crippen LogP) is 3.50. The first-order valence-corrected chi connectivity index (χ1v) is 6.82. The molecule has 2 heterocycles. The van der Waals surface area contributed by atoms with Crippen LogP contribution in [0.5, 0.6) is 0 Å². The van der Waals surface area contributed by atoms with Crippen molar-refractivity contribution in [1.29, 1.82) is 0 Å². The third kappa shape index (κ3) is 3.47. The lowest BCUT2D eigenvalue weighted by Gasteiger charge is -2.20. The third-order valence-corrected chi connectivity index (χ3v) is 3.20. The van der Waals surface area contributed by atoms with Crippen molar-refractivity contribution < 1.29 is 9.21 Å². The second-order valence-corrected chi connectivity index (χ2v) is 5.33. The topological polar surface area (TPSA) is 55.1 Å². The molecule has 0 aliphatic rings. The second kappa shape index (κ2) is 6.37. The highest BCUT2D eigenvalue weighted by atomic mass is 16.3. The zero-order valence-corrected chi connectivity index (χ0v) is 12.1. The first-order valence-electron chi connectivity index (χ1n) is 6.82. The molecule has 0 saturated carbocycles. The van der Waals surface area contributed by atoms with Crippen molar-refractivity contribution >= 4 is 5.91 Å². The van der Waals surface area contributed by atoms with E-state index in [1.165, 1.54) is 6.26 Å². The fraction of sp³-hybridized carbons (Fsp3) is 0.375. The molecule has 0 saturated heterocycles. The van der Waals surface area contributed by atoms with Gasteiger partial charge in [0.1, 0.15) is 5.76 Å².